The van der Waals surface area contributed by atoms with Gasteiger partial charge in [0.1, 0.15) is 12.2 Å². The van der Waals surface area contributed by atoms with Crippen LogP contribution in [0.25, 0.3) is 0 Å². The summed E-state index contributed by atoms with van der Waals surface area (Å²) in [7, 11) is 4.56. The zero-order valence-corrected chi connectivity index (χ0v) is 10.2. The zero-order valence-electron chi connectivity index (χ0n) is 10.2. The van der Waals surface area contributed by atoms with Gasteiger partial charge in [0.25, 0.3) is 0 Å². The smallest absolute Gasteiger partial charge is 0.161 e. The highest BCUT2D eigenvalue weighted by Gasteiger charge is 2.21. The first kappa shape index (κ1) is 13.8. The van der Waals surface area contributed by atoms with E-state index in [4.69, 9.17) is 19.3 Å². The van der Waals surface area contributed by atoms with Gasteiger partial charge >= 0.3 is 0 Å². The van der Waals surface area contributed by atoms with E-state index >= 15 is 0 Å². The maximum Gasteiger partial charge on any atom is 0.161 e. The lowest BCUT2D eigenvalue weighted by Crippen LogP contribution is -2.23. The molecule has 0 aliphatic carbocycles. The SMILES string of the molecule is COc1ccc([C@@H](OC)[C@H](O)CO)cc1OC. The Morgan fingerprint density at radius 1 is 1.12 bits per heavy atom. The fourth-order valence-electron chi connectivity index (χ4n) is 1.64. The van der Waals surface area contributed by atoms with Crippen molar-refractivity contribution in [2.24, 2.45) is 0 Å². The molecule has 0 radical (unpaired) electrons. The highest BCUT2D eigenvalue weighted by molar-refractivity contribution is 5.43. The van der Waals surface area contributed by atoms with E-state index in [1.807, 2.05) is 0 Å². The number of aliphatic hydroxyl groups excluding tert-OH is 2. The largest absolute Gasteiger partial charge is 0.493 e. The van der Waals surface area contributed by atoms with E-state index in [1.165, 1.54) is 14.2 Å². The van der Waals surface area contributed by atoms with Crippen molar-refractivity contribution in [1.29, 1.82) is 0 Å². The van der Waals surface area contributed by atoms with Crippen LogP contribution in [0, 0.1) is 0 Å². The minimum absolute atomic E-state index is 0.368. The van der Waals surface area contributed by atoms with Crippen molar-refractivity contribution in [2.45, 2.75) is 12.2 Å². The van der Waals surface area contributed by atoms with Crippen LogP contribution in [-0.4, -0.2) is 44.3 Å². The van der Waals surface area contributed by atoms with Crippen LogP contribution >= 0.6 is 0 Å². The quantitative estimate of drug-likeness (QED) is 0.770. The molecule has 2 atom stereocenters. The molecule has 0 unspecified atom stereocenters. The summed E-state index contributed by atoms with van der Waals surface area (Å²) in [4.78, 5) is 0. The first-order chi connectivity index (χ1) is 8.17. The number of benzene rings is 1. The Kier molecular flexibility index (Phi) is 5.21. The monoisotopic (exact) mass is 242 g/mol. The van der Waals surface area contributed by atoms with Crippen molar-refractivity contribution in [3.8, 4) is 11.5 Å². The molecule has 0 fully saturated rings. The summed E-state index contributed by atoms with van der Waals surface area (Å²) in [5.74, 6) is 1.15. The van der Waals surface area contributed by atoms with E-state index < -0.39 is 12.2 Å². The lowest BCUT2D eigenvalue weighted by atomic mass is 10.0. The first-order valence-electron chi connectivity index (χ1n) is 5.21. The molecular formula is C12H18O5. The summed E-state index contributed by atoms with van der Waals surface area (Å²) in [6.07, 6.45) is -1.57. The van der Waals surface area contributed by atoms with Crippen molar-refractivity contribution in [2.75, 3.05) is 27.9 Å². The van der Waals surface area contributed by atoms with Gasteiger partial charge in [0, 0.05) is 7.11 Å². The molecule has 0 amide bonds. The van der Waals surface area contributed by atoms with E-state index in [-0.39, 0.29) is 6.61 Å². The van der Waals surface area contributed by atoms with Gasteiger partial charge in [-0.05, 0) is 17.7 Å². The second-order valence-electron chi connectivity index (χ2n) is 3.52. The van der Waals surface area contributed by atoms with Crippen LogP contribution in [-0.2, 0) is 4.74 Å². The van der Waals surface area contributed by atoms with Gasteiger partial charge in [0.15, 0.2) is 11.5 Å². The Morgan fingerprint density at radius 3 is 2.24 bits per heavy atom. The summed E-state index contributed by atoms with van der Waals surface area (Å²) < 4.78 is 15.4. The Hall–Kier alpha value is -1.30. The molecule has 0 saturated heterocycles. The maximum absolute atomic E-state index is 9.61. The molecule has 1 aromatic rings. The molecule has 2 N–H and O–H groups in total. The fraction of sp³-hybridized carbons (Fsp3) is 0.500. The fourth-order valence-corrected chi connectivity index (χ4v) is 1.64. The second-order valence-corrected chi connectivity index (χ2v) is 3.52. The lowest BCUT2D eigenvalue weighted by Gasteiger charge is -2.21. The van der Waals surface area contributed by atoms with Gasteiger partial charge in [-0.25, -0.2) is 0 Å². The van der Waals surface area contributed by atoms with E-state index in [0.717, 1.165) is 0 Å². The van der Waals surface area contributed by atoms with Gasteiger partial charge in [-0.1, -0.05) is 6.07 Å². The molecule has 5 heteroatoms. The van der Waals surface area contributed by atoms with Crippen molar-refractivity contribution < 1.29 is 24.4 Å². The minimum atomic E-state index is -0.974. The van der Waals surface area contributed by atoms with Gasteiger partial charge in [-0.3, -0.25) is 0 Å². The van der Waals surface area contributed by atoms with Crippen molar-refractivity contribution in [3.05, 3.63) is 23.8 Å². The number of ether oxygens (including phenoxy) is 3. The van der Waals surface area contributed by atoms with Gasteiger partial charge in [0.2, 0.25) is 0 Å². The number of aliphatic hydroxyl groups is 2. The third-order valence-corrected chi connectivity index (χ3v) is 2.53. The van der Waals surface area contributed by atoms with Crippen LogP contribution in [0.1, 0.15) is 11.7 Å². The summed E-state index contributed by atoms with van der Waals surface area (Å²) in [5, 5.41) is 18.6. The Labute approximate surface area is 101 Å². The molecule has 0 aliphatic heterocycles. The van der Waals surface area contributed by atoms with E-state index in [9.17, 15) is 5.11 Å². The standard InChI is InChI=1S/C12H18O5/c1-15-10-5-4-8(6-11(10)16-2)12(17-3)9(14)7-13/h4-6,9,12-14H,7H2,1-3H3/t9-,12-/m1/s1. The summed E-state index contributed by atoms with van der Waals surface area (Å²) >= 11 is 0. The highest BCUT2D eigenvalue weighted by atomic mass is 16.5. The summed E-state index contributed by atoms with van der Waals surface area (Å²) in [6, 6.07) is 5.20. The molecule has 5 nitrogen and oxygen atoms in total. The van der Waals surface area contributed by atoms with Crippen LogP contribution < -0.4 is 9.47 Å². The number of hydrogen-bond donors (Lipinski definition) is 2. The molecule has 0 saturated carbocycles. The van der Waals surface area contributed by atoms with Gasteiger partial charge in [0.05, 0.1) is 20.8 Å². The molecule has 96 valence electrons. The summed E-state index contributed by atoms with van der Waals surface area (Å²) in [5.41, 5.74) is 0.715. The predicted octanol–water partition coefficient (Wildman–Crippen LogP) is 0.744. The molecule has 0 aromatic heterocycles. The molecule has 0 heterocycles. The maximum atomic E-state index is 9.61. The molecule has 0 aliphatic rings. The van der Waals surface area contributed by atoms with Crippen LogP contribution in [0.5, 0.6) is 11.5 Å². The van der Waals surface area contributed by atoms with E-state index in [2.05, 4.69) is 0 Å². The van der Waals surface area contributed by atoms with Crippen molar-refractivity contribution in [3.63, 3.8) is 0 Å². The molecule has 1 rings (SSSR count). The zero-order chi connectivity index (χ0) is 12.8. The van der Waals surface area contributed by atoms with E-state index in [1.54, 1.807) is 25.3 Å². The lowest BCUT2D eigenvalue weighted by molar-refractivity contribution is -0.0393. The molecular weight excluding hydrogens is 224 g/mol. The van der Waals surface area contributed by atoms with E-state index in [0.29, 0.717) is 17.1 Å². The van der Waals surface area contributed by atoms with Crippen LogP contribution in [0.4, 0.5) is 0 Å². The number of hydrogen-bond acceptors (Lipinski definition) is 5. The predicted molar refractivity (Wildman–Crippen MR) is 62.4 cm³/mol. The average Bonchev–Trinajstić information content (AvgIpc) is 2.38. The summed E-state index contributed by atoms with van der Waals surface area (Å²) in [6.45, 7) is -0.368. The van der Waals surface area contributed by atoms with Crippen LogP contribution in [0.15, 0.2) is 18.2 Å². The topological polar surface area (TPSA) is 68.2 Å². The first-order valence-corrected chi connectivity index (χ1v) is 5.21. The minimum Gasteiger partial charge on any atom is -0.493 e. The van der Waals surface area contributed by atoms with Crippen LogP contribution in [0.2, 0.25) is 0 Å². The molecule has 0 bridgehead atoms. The van der Waals surface area contributed by atoms with Gasteiger partial charge < -0.3 is 24.4 Å². The van der Waals surface area contributed by atoms with Crippen LogP contribution in [0.3, 0.4) is 0 Å². The molecule has 1 aromatic carbocycles. The number of rotatable bonds is 6. The highest BCUT2D eigenvalue weighted by Crippen LogP contribution is 2.31. The van der Waals surface area contributed by atoms with Crippen molar-refractivity contribution in [1.82, 2.24) is 0 Å². The third-order valence-electron chi connectivity index (χ3n) is 2.53. The Morgan fingerprint density at radius 2 is 1.76 bits per heavy atom. The van der Waals surface area contributed by atoms with Gasteiger partial charge in [-0.2, -0.15) is 0 Å². The van der Waals surface area contributed by atoms with Gasteiger partial charge in [-0.15, -0.1) is 0 Å². The second kappa shape index (κ2) is 6.44. The average molecular weight is 242 g/mol. The Bertz CT molecular complexity index is 353. The number of methoxy groups -OCH3 is 3. The van der Waals surface area contributed by atoms with Crippen molar-refractivity contribution >= 4 is 0 Å². The Balaban J connectivity index is 3.04. The molecule has 0 spiro atoms. The normalized spacial score (nSPS) is 14.2. The third kappa shape index (κ3) is 3.09. The molecule has 17 heavy (non-hydrogen) atoms.